The van der Waals surface area contributed by atoms with Crippen LogP contribution in [0.4, 0.5) is 5.69 Å². The second-order valence-electron chi connectivity index (χ2n) is 2.83. The Morgan fingerprint density at radius 3 is 2.85 bits per heavy atom. The maximum absolute atomic E-state index is 8.79. The van der Waals surface area contributed by atoms with Crippen LogP contribution in [0.15, 0.2) is 36.9 Å². The van der Waals surface area contributed by atoms with Crippen LogP contribution < -0.4 is 5.32 Å². The van der Waals surface area contributed by atoms with E-state index in [4.69, 9.17) is 5.26 Å². The van der Waals surface area contributed by atoms with Crippen molar-refractivity contribution in [3.8, 4) is 6.07 Å². The summed E-state index contributed by atoms with van der Waals surface area (Å²) in [6, 6.07) is 9.73. The smallest absolute Gasteiger partial charge is 0.101 e. The van der Waals surface area contributed by atoms with Gasteiger partial charge in [-0.05, 0) is 19.1 Å². The molecule has 0 aliphatic heterocycles. The zero-order valence-corrected chi connectivity index (χ0v) is 7.62. The molecule has 1 N–H and O–H groups in total. The number of anilines is 1. The van der Waals surface area contributed by atoms with Crippen molar-refractivity contribution in [1.82, 2.24) is 0 Å². The summed E-state index contributed by atoms with van der Waals surface area (Å²) in [5, 5.41) is 12.0. The van der Waals surface area contributed by atoms with Crippen LogP contribution in [0.2, 0.25) is 0 Å². The van der Waals surface area contributed by atoms with Gasteiger partial charge in [-0.25, -0.2) is 0 Å². The Hall–Kier alpha value is -1.75. The first-order valence-corrected chi connectivity index (χ1v) is 4.16. The van der Waals surface area contributed by atoms with E-state index in [1.807, 2.05) is 25.1 Å². The summed E-state index contributed by atoms with van der Waals surface area (Å²) in [6.07, 6.45) is 1.80. The third-order valence-electron chi connectivity index (χ3n) is 1.78. The largest absolute Gasteiger partial charge is 0.378 e. The lowest BCUT2D eigenvalue weighted by Crippen LogP contribution is -2.12. The van der Waals surface area contributed by atoms with E-state index in [0.717, 1.165) is 5.69 Å². The highest BCUT2D eigenvalue weighted by Gasteiger charge is 2.01. The number of hydrogen-bond donors (Lipinski definition) is 1. The Kier molecular flexibility index (Phi) is 3.10. The molecule has 0 aromatic heterocycles. The quantitative estimate of drug-likeness (QED) is 0.711. The molecule has 0 saturated carbocycles. The van der Waals surface area contributed by atoms with Gasteiger partial charge in [0.25, 0.3) is 0 Å². The molecule has 0 aliphatic rings. The Bertz CT molecular complexity index is 336. The van der Waals surface area contributed by atoms with Gasteiger partial charge in [0.05, 0.1) is 11.3 Å². The third-order valence-corrected chi connectivity index (χ3v) is 1.78. The van der Waals surface area contributed by atoms with Gasteiger partial charge in [0.1, 0.15) is 6.07 Å². The van der Waals surface area contributed by atoms with Crippen molar-refractivity contribution in [3.05, 3.63) is 42.5 Å². The van der Waals surface area contributed by atoms with Crippen LogP contribution >= 0.6 is 0 Å². The van der Waals surface area contributed by atoms with Crippen LogP contribution in [0.25, 0.3) is 0 Å². The van der Waals surface area contributed by atoms with E-state index in [1.54, 1.807) is 12.1 Å². The summed E-state index contributed by atoms with van der Waals surface area (Å²) in [4.78, 5) is 0. The number of rotatable bonds is 3. The molecule has 1 aromatic rings. The molecule has 13 heavy (non-hydrogen) atoms. The Balaban J connectivity index is 2.88. The number of nitrogens with one attached hydrogen (secondary N) is 1. The summed E-state index contributed by atoms with van der Waals surface area (Å²) in [5.74, 6) is 0. The van der Waals surface area contributed by atoms with Gasteiger partial charge in [0.15, 0.2) is 0 Å². The molecular formula is C11H12N2. The molecule has 66 valence electrons. The highest BCUT2D eigenvalue weighted by atomic mass is 14.9. The molecule has 0 saturated heterocycles. The number of nitriles is 1. The van der Waals surface area contributed by atoms with Crippen molar-refractivity contribution in [2.75, 3.05) is 5.32 Å². The minimum absolute atomic E-state index is 0.175. The molecule has 0 aliphatic carbocycles. The molecular weight excluding hydrogens is 160 g/mol. The summed E-state index contributed by atoms with van der Waals surface area (Å²) in [5.41, 5.74) is 1.52. The molecule has 0 fully saturated rings. The first-order chi connectivity index (χ1) is 6.27. The molecule has 0 spiro atoms. The molecule has 0 bridgehead atoms. The Morgan fingerprint density at radius 1 is 1.54 bits per heavy atom. The van der Waals surface area contributed by atoms with Gasteiger partial charge in [0, 0.05) is 6.04 Å². The lowest BCUT2D eigenvalue weighted by molar-refractivity contribution is 1.00. The predicted molar refractivity (Wildman–Crippen MR) is 54.4 cm³/mol. The highest BCUT2D eigenvalue weighted by molar-refractivity contribution is 5.57. The van der Waals surface area contributed by atoms with Crippen molar-refractivity contribution in [2.24, 2.45) is 0 Å². The van der Waals surface area contributed by atoms with E-state index in [-0.39, 0.29) is 6.04 Å². The fourth-order valence-corrected chi connectivity index (χ4v) is 1.01. The van der Waals surface area contributed by atoms with Crippen molar-refractivity contribution in [3.63, 3.8) is 0 Å². The van der Waals surface area contributed by atoms with E-state index >= 15 is 0 Å². The molecule has 0 heterocycles. The highest BCUT2D eigenvalue weighted by Crippen LogP contribution is 2.14. The van der Waals surface area contributed by atoms with Gasteiger partial charge in [-0.3, -0.25) is 0 Å². The molecule has 1 unspecified atom stereocenters. The Morgan fingerprint density at radius 2 is 2.23 bits per heavy atom. The van der Waals surface area contributed by atoms with Crippen LogP contribution in [0.1, 0.15) is 12.5 Å². The van der Waals surface area contributed by atoms with Crippen LogP contribution in [0.3, 0.4) is 0 Å². The standard InChI is InChI=1S/C11H12N2/c1-3-9(2)13-11-7-5-4-6-10(11)8-12/h3-7,9,13H,1H2,2H3. The van der Waals surface area contributed by atoms with Crippen LogP contribution in [0.5, 0.6) is 0 Å². The molecule has 0 radical (unpaired) electrons. The molecule has 0 amide bonds. The van der Waals surface area contributed by atoms with Crippen molar-refractivity contribution >= 4 is 5.69 Å². The fraction of sp³-hybridized carbons (Fsp3) is 0.182. The van der Waals surface area contributed by atoms with Crippen molar-refractivity contribution < 1.29 is 0 Å². The first-order valence-electron chi connectivity index (χ1n) is 4.16. The second kappa shape index (κ2) is 4.32. The normalized spacial score (nSPS) is 11.4. The van der Waals surface area contributed by atoms with Gasteiger partial charge in [0.2, 0.25) is 0 Å². The van der Waals surface area contributed by atoms with Crippen molar-refractivity contribution in [2.45, 2.75) is 13.0 Å². The van der Waals surface area contributed by atoms with Gasteiger partial charge in [-0.1, -0.05) is 18.2 Å². The van der Waals surface area contributed by atoms with E-state index in [1.165, 1.54) is 0 Å². The molecule has 1 atom stereocenters. The van der Waals surface area contributed by atoms with E-state index in [2.05, 4.69) is 18.0 Å². The second-order valence-corrected chi connectivity index (χ2v) is 2.83. The fourth-order valence-electron chi connectivity index (χ4n) is 1.01. The summed E-state index contributed by atoms with van der Waals surface area (Å²) in [7, 11) is 0. The predicted octanol–water partition coefficient (Wildman–Crippen LogP) is 2.54. The van der Waals surface area contributed by atoms with Crippen LogP contribution in [0, 0.1) is 11.3 Å². The van der Waals surface area contributed by atoms with Crippen LogP contribution in [-0.4, -0.2) is 6.04 Å². The van der Waals surface area contributed by atoms with Gasteiger partial charge >= 0.3 is 0 Å². The lowest BCUT2D eigenvalue weighted by Gasteiger charge is -2.11. The summed E-state index contributed by atoms with van der Waals surface area (Å²) < 4.78 is 0. The van der Waals surface area contributed by atoms with Crippen LogP contribution in [-0.2, 0) is 0 Å². The molecule has 2 nitrogen and oxygen atoms in total. The Labute approximate surface area is 78.5 Å². The maximum Gasteiger partial charge on any atom is 0.101 e. The SMILES string of the molecule is C=CC(C)Nc1ccccc1C#N. The van der Waals surface area contributed by atoms with Gasteiger partial charge in [-0.15, -0.1) is 6.58 Å². The van der Waals surface area contributed by atoms with Gasteiger partial charge in [-0.2, -0.15) is 5.26 Å². The minimum Gasteiger partial charge on any atom is -0.378 e. The number of hydrogen-bond acceptors (Lipinski definition) is 2. The van der Waals surface area contributed by atoms with E-state index in [0.29, 0.717) is 5.56 Å². The monoisotopic (exact) mass is 172 g/mol. The number of nitrogens with zero attached hydrogens (tertiary/aromatic N) is 1. The van der Waals surface area contributed by atoms with Gasteiger partial charge < -0.3 is 5.32 Å². The molecule has 2 heteroatoms. The van der Waals surface area contributed by atoms with E-state index < -0.39 is 0 Å². The summed E-state index contributed by atoms with van der Waals surface area (Å²) in [6.45, 7) is 5.65. The molecule has 1 aromatic carbocycles. The van der Waals surface area contributed by atoms with Crippen molar-refractivity contribution in [1.29, 1.82) is 5.26 Å². The third kappa shape index (κ3) is 2.34. The lowest BCUT2D eigenvalue weighted by atomic mass is 10.2. The topological polar surface area (TPSA) is 35.8 Å². The van der Waals surface area contributed by atoms with E-state index in [9.17, 15) is 0 Å². The average Bonchev–Trinajstić information content (AvgIpc) is 2.18. The summed E-state index contributed by atoms with van der Waals surface area (Å²) >= 11 is 0. The zero-order valence-electron chi connectivity index (χ0n) is 7.62. The minimum atomic E-state index is 0.175. The average molecular weight is 172 g/mol. The molecule has 1 rings (SSSR count). The number of benzene rings is 1. The zero-order chi connectivity index (χ0) is 9.68. The maximum atomic E-state index is 8.79. The number of para-hydroxylation sites is 1. The first kappa shape index (κ1) is 9.34.